The van der Waals surface area contributed by atoms with Gasteiger partial charge in [0.15, 0.2) is 0 Å². The molecule has 0 heterocycles. The number of nitrogens with zero attached hydrogens (tertiary/aromatic N) is 1. The summed E-state index contributed by atoms with van der Waals surface area (Å²) in [5.41, 5.74) is 2.57. The molecular weight excluding hydrogens is 258 g/mol. The standard InChI is InChI=1S/C19H31NO/c1-3-4-5-6-7-8-9-10-14-18(16-20-21)19-15-12-11-13-17(19)2/h11-13,15-16,18,21H,3-10,14H2,1-2H3. The molecule has 0 spiro atoms. The number of rotatable bonds is 11. The molecule has 1 unspecified atom stereocenters. The van der Waals surface area contributed by atoms with Crippen molar-refractivity contribution in [3.8, 4) is 0 Å². The highest BCUT2D eigenvalue weighted by Gasteiger charge is 2.11. The van der Waals surface area contributed by atoms with E-state index in [1.165, 1.54) is 62.5 Å². The zero-order valence-electron chi connectivity index (χ0n) is 13.7. The van der Waals surface area contributed by atoms with E-state index in [1.807, 2.05) is 0 Å². The predicted octanol–water partition coefficient (Wildman–Crippen LogP) is 6.07. The molecule has 2 nitrogen and oxygen atoms in total. The molecule has 0 radical (unpaired) electrons. The van der Waals surface area contributed by atoms with Crippen LogP contribution in [-0.2, 0) is 0 Å². The van der Waals surface area contributed by atoms with Crippen LogP contribution in [0.1, 0.15) is 81.8 Å². The lowest BCUT2D eigenvalue weighted by Crippen LogP contribution is -2.03. The molecule has 0 amide bonds. The van der Waals surface area contributed by atoms with Gasteiger partial charge in [0.05, 0.1) is 6.21 Å². The zero-order chi connectivity index (χ0) is 15.3. The number of hydrogen-bond acceptors (Lipinski definition) is 2. The minimum atomic E-state index is 0.247. The first-order valence-corrected chi connectivity index (χ1v) is 8.52. The molecule has 1 atom stereocenters. The van der Waals surface area contributed by atoms with E-state index in [-0.39, 0.29) is 5.92 Å². The Hall–Kier alpha value is -1.31. The topological polar surface area (TPSA) is 32.6 Å². The largest absolute Gasteiger partial charge is 0.411 e. The number of aryl methyl sites for hydroxylation is 1. The maximum atomic E-state index is 8.88. The van der Waals surface area contributed by atoms with E-state index in [4.69, 9.17) is 5.21 Å². The fraction of sp³-hybridized carbons (Fsp3) is 0.632. The normalized spacial score (nSPS) is 12.9. The van der Waals surface area contributed by atoms with Gasteiger partial charge in [0.1, 0.15) is 0 Å². The molecule has 0 saturated heterocycles. The molecule has 0 aromatic heterocycles. The second-order valence-corrected chi connectivity index (χ2v) is 5.99. The van der Waals surface area contributed by atoms with Crippen LogP contribution < -0.4 is 0 Å². The molecule has 0 aliphatic carbocycles. The Morgan fingerprint density at radius 3 is 2.24 bits per heavy atom. The van der Waals surface area contributed by atoms with Crippen LogP contribution in [0.3, 0.4) is 0 Å². The number of hydrogen-bond donors (Lipinski definition) is 1. The van der Waals surface area contributed by atoms with Gasteiger partial charge in [-0.05, 0) is 24.5 Å². The monoisotopic (exact) mass is 289 g/mol. The van der Waals surface area contributed by atoms with Crippen LogP contribution in [-0.4, -0.2) is 11.4 Å². The van der Waals surface area contributed by atoms with Gasteiger partial charge in [-0.1, -0.05) is 82.6 Å². The van der Waals surface area contributed by atoms with Crippen molar-refractivity contribution >= 4 is 6.21 Å². The van der Waals surface area contributed by atoms with Crippen LogP contribution in [0.25, 0.3) is 0 Å². The molecule has 0 aliphatic heterocycles. The summed E-state index contributed by atoms with van der Waals surface area (Å²) >= 11 is 0. The molecular formula is C19H31NO. The summed E-state index contributed by atoms with van der Waals surface area (Å²) in [6.45, 7) is 4.38. The van der Waals surface area contributed by atoms with E-state index in [9.17, 15) is 0 Å². The lowest BCUT2D eigenvalue weighted by molar-refractivity contribution is 0.319. The van der Waals surface area contributed by atoms with E-state index >= 15 is 0 Å². The Labute approximate surface area is 130 Å². The molecule has 1 aromatic rings. The van der Waals surface area contributed by atoms with Gasteiger partial charge in [-0.3, -0.25) is 0 Å². The Morgan fingerprint density at radius 2 is 1.62 bits per heavy atom. The van der Waals surface area contributed by atoms with Gasteiger partial charge >= 0.3 is 0 Å². The summed E-state index contributed by atoms with van der Waals surface area (Å²) in [4.78, 5) is 0. The zero-order valence-corrected chi connectivity index (χ0v) is 13.7. The highest BCUT2D eigenvalue weighted by atomic mass is 16.4. The summed E-state index contributed by atoms with van der Waals surface area (Å²) < 4.78 is 0. The minimum absolute atomic E-state index is 0.247. The van der Waals surface area contributed by atoms with Gasteiger partial charge < -0.3 is 5.21 Å². The average Bonchev–Trinajstić information content (AvgIpc) is 2.49. The average molecular weight is 289 g/mol. The van der Waals surface area contributed by atoms with Crippen molar-refractivity contribution in [2.45, 2.75) is 77.6 Å². The molecule has 21 heavy (non-hydrogen) atoms. The molecule has 118 valence electrons. The van der Waals surface area contributed by atoms with E-state index in [2.05, 4.69) is 43.3 Å². The molecule has 0 aliphatic rings. The van der Waals surface area contributed by atoms with Gasteiger partial charge in [-0.25, -0.2) is 0 Å². The van der Waals surface area contributed by atoms with E-state index in [0.717, 1.165) is 6.42 Å². The molecule has 1 aromatic carbocycles. The maximum Gasteiger partial charge on any atom is 0.0510 e. The SMILES string of the molecule is CCCCCCCCCCC(C=NO)c1ccccc1C. The Kier molecular flexibility index (Phi) is 9.60. The van der Waals surface area contributed by atoms with Crippen molar-refractivity contribution in [3.63, 3.8) is 0 Å². The van der Waals surface area contributed by atoms with Crippen molar-refractivity contribution in [2.75, 3.05) is 0 Å². The van der Waals surface area contributed by atoms with Gasteiger partial charge in [0, 0.05) is 5.92 Å². The molecule has 1 rings (SSSR count). The first-order valence-electron chi connectivity index (χ1n) is 8.52. The summed E-state index contributed by atoms with van der Waals surface area (Å²) in [5, 5.41) is 12.2. The van der Waals surface area contributed by atoms with Crippen molar-refractivity contribution < 1.29 is 5.21 Å². The Morgan fingerprint density at radius 1 is 1.00 bits per heavy atom. The van der Waals surface area contributed by atoms with Crippen LogP contribution in [0.5, 0.6) is 0 Å². The summed E-state index contributed by atoms with van der Waals surface area (Å²) in [7, 11) is 0. The predicted molar refractivity (Wildman–Crippen MR) is 91.4 cm³/mol. The van der Waals surface area contributed by atoms with Crippen LogP contribution in [0.15, 0.2) is 29.4 Å². The molecule has 1 N–H and O–H groups in total. The summed E-state index contributed by atoms with van der Waals surface area (Å²) in [6, 6.07) is 8.39. The lowest BCUT2D eigenvalue weighted by atomic mass is 9.91. The fourth-order valence-corrected chi connectivity index (χ4v) is 2.89. The Bertz CT molecular complexity index is 400. The van der Waals surface area contributed by atoms with Gasteiger partial charge in [-0.2, -0.15) is 0 Å². The highest BCUT2D eigenvalue weighted by Crippen LogP contribution is 2.24. The number of oxime groups is 1. The van der Waals surface area contributed by atoms with E-state index in [0.29, 0.717) is 0 Å². The van der Waals surface area contributed by atoms with Crippen molar-refractivity contribution in [3.05, 3.63) is 35.4 Å². The summed E-state index contributed by atoms with van der Waals surface area (Å²) in [5.74, 6) is 0.247. The van der Waals surface area contributed by atoms with E-state index in [1.54, 1.807) is 6.21 Å². The molecule has 0 saturated carbocycles. The first kappa shape index (κ1) is 17.7. The van der Waals surface area contributed by atoms with Gasteiger partial charge in [0.2, 0.25) is 0 Å². The third-order valence-corrected chi connectivity index (χ3v) is 4.20. The van der Waals surface area contributed by atoms with Crippen LogP contribution >= 0.6 is 0 Å². The first-order chi connectivity index (χ1) is 10.3. The minimum Gasteiger partial charge on any atom is -0.411 e. The second kappa shape index (κ2) is 11.4. The molecule has 0 bridgehead atoms. The smallest absolute Gasteiger partial charge is 0.0510 e. The maximum absolute atomic E-state index is 8.88. The number of unbranched alkanes of at least 4 members (excludes halogenated alkanes) is 7. The molecule has 0 fully saturated rings. The fourth-order valence-electron chi connectivity index (χ4n) is 2.89. The van der Waals surface area contributed by atoms with Crippen LogP contribution in [0.4, 0.5) is 0 Å². The van der Waals surface area contributed by atoms with Crippen molar-refractivity contribution in [1.29, 1.82) is 0 Å². The third-order valence-electron chi connectivity index (χ3n) is 4.20. The number of benzene rings is 1. The quantitative estimate of drug-likeness (QED) is 0.228. The van der Waals surface area contributed by atoms with E-state index < -0.39 is 0 Å². The highest BCUT2D eigenvalue weighted by molar-refractivity contribution is 5.67. The van der Waals surface area contributed by atoms with Crippen molar-refractivity contribution in [2.24, 2.45) is 5.16 Å². The van der Waals surface area contributed by atoms with Gasteiger partial charge in [0.25, 0.3) is 0 Å². The molecule has 2 heteroatoms. The Balaban J connectivity index is 2.28. The van der Waals surface area contributed by atoms with Crippen molar-refractivity contribution in [1.82, 2.24) is 0 Å². The second-order valence-electron chi connectivity index (χ2n) is 5.99. The summed E-state index contributed by atoms with van der Waals surface area (Å²) in [6.07, 6.45) is 13.4. The lowest BCUT2D eigenvalue weighted by Gasteiger charge is -2.14. The van der Waals surface area contributed by atoms with Crippen LogP contribution in [0.2, 0.25) is 0 Å². The third kappa shape index (κ3) is 7.31. The van der Waals surface area contributed by atoms with Crippen LogP contribution in [0, 0.1) is 6.92 Å². The van der Waals surface area contributed by atoms with Gasteiger partial charge in [-0.15, -0.1) is 5.16 Å².